The van der Waals surface area contributed by atoms with Crippen molar-refractivity contribution in [3.8, 4) is 0 Å². The van der Waals surface area contributed by atoms with Crippen LogP contribution in [-0.4, -0.2) is 53.0 Å². The van der Waals surface area contributed by atoms with Crippen LogP contribution in [0.2, 0.25) is 0 Å². The van der Waals surface area contributed by atoms with Crippen LogP contribution in [-0.2, 0) is 14.3 Å². The summed E-state index contributed by atoms with van der Waals surface area (Å²) in [6, 6.07) is 0. The van der Waals surface area contributed by atoms with Gasteiger partial charge in [0.25, 0.3) is 0 Å². The number of aliphatic hydroxyl groups is 2. The predicted molar refractivity (Wildman–Crippen MR) is 44.5 cm³/mol. The van der Waals surface area contributed by atoms with E-state index in [2.05, 4.69) is 0 Å². The molecule has 0 amide bonds. The molecule has 1 fully saturated rings. The van der Waals surface area contributed by atoms with Gasteiger partial charge in [-0.3, -0.25) is 0 Å². The molecule has 1 saturated heterocycles. The lowest BCUT2D eigenvalue weighted by atomic mass is 9.91. The molecule has 6 nitrogen and oxygen atoms in total. The minimum absolute atomic E-state index is 0.672. The first-order valence-electron chi connectivity index (χ1n) is 4.26. The summed E-state index contributed by atoms with van der Waals surface area (Å²) in [6.45, 7) is 1.50. The Morgan fingerprint density at radius 2 is 1.93 bits per heavy atom. The summed E-state index contributed by atoms with van der Waals surface area (Å²) >= 11 is 0. The summed E-state index contributed by atoms with van der Waals surface area (Å²) in [5.41, 5.74) is 0. The smallest absolute Gasteiger partial charge is 0.333 e. The van der Waals surface area contributed by atoms with Crippen molar-refractivity contribution in [2.24, 2.45) is 5.92 Å². The van der Waals surface area contributed by atoms with Crippen LogP contribution in [0.5, 0.6) is 0 Å². The van der Waals surface area contributed by atoms with Gasteiger partial charge in [-0.2, -0.15) is 0 Å². The Balaban J connectivity index is 2.78. The molecule has 3 N–H and O–H groups in total. The SMILES string of the molecule is CO[C@@H]1OC(C(=O)O)[C@@H](C)C(O)C1O. The molecule has 0 aromatic carbocycles. The Morgan fingerprint density at radius 3 is 2.36 bits per heavy atom. The van der Waals surface area contributed by atoms with E-state index in [-0.39, 0.29) is 0 Å². The van der Waals surface area contributed by atoms with Gasteiger partial charge in [-0.1, -0.05) is 6.92 Å². The van der Waals surface area contributed by atoms with E-state index in [4.69, 9.17) is 14.6 Å². The highest BCUT2D eigenvalue weighted by molar-refractivity contribution is 5.73. The van der Waals surface area contributed by atoms with Crippen molar-refractivity contribution in [1.29, 1.82) is 0 Å². The van der Waals surface area contributed by atoms with Gasteiger partial charge in [0.2, 0.25) is 0 Å². The highest BCUT2D eigenvalue weighted by atomic mass is 16.7. The van der Waals surface area contributed by atoms with Gasteiger partial charge in [0, 0.05) is 13.0 Å². The van der Waals surface area contributed by atoms with Gasteiger partial charge in [-0.05, 0) is 0 Å². The van der Waals surface area contributed by atoms with Gasteiger partial charge in [0.1, 0.15) is 6.10 Å². The fourth-order valence-electron chi connectivity index (χ4n) is 1.48. The molecule has 0 spiro atoms. The maximum atomic E-state index is 10.7. The van der Waals surface area contributed by atoms with Crippen molar-refractivity contribution >= 4 is 5.97 Å². The Morgan fingerprint density at radius 1 is 1.36 bits per heavy atom. The summed E-state index contributed by atoms with van der Waals surface area (Å²) in [5.74, 6) is -1.85. The lowest BCUT2D eigenvalue weighted by Crippen LogP contribution is -2.56. The second-order valence-corrected chi connectivity index (χ2v) is 3.34. The van der Waals surface area contributed by atoms with E-state index in [9.17, 15) is 15.0 Å². The zero-order valence-corrected chi connectivity index (χ0v) is 7.95. The molecule has 3 unspecified atom stereocenters. The molecule has 0 aromatic heterocycles. The topological polar surface area (TPSA) is 96.2 Å². The molecule has 0 aliphatic carbocycles. The molecular formula is C8H14O6. The highest BCUT2D eigenvalue weighted by Crippen LogP contribution is 2.26. The zero-order chi connectivity index (χ0) is 10.9. The molecule has 6 heteroatoms. The van der Waals surface area contributed by atoms with E-state index < -0.39 is 36.5 Å². The fourth-order valence-corrected chi connectivity index (χ4v) is 1.48. The van der Waals surface area contributed by atoms with Crippen molar-refractivity contribution in [2.75, 3.05) is 7.11 Å². The van der Waals surface area contributed by atoms with Gasteiger partial charge >= 0.3 is 5.97 Å². The molecule has 1 heterocycles. The van der Waals surface area contributed by atoms with Crippen LogP contribution in [0.1, 0.15) is 6.92 Å². The van der Waals surface area contributed by atoms with Crippen LogP contribution in [0.25, 0.3) is 0 Å². The number of methoxy groups -OCH3 is 1. The number of carbonyl (C=O) groups is 1. The van der Waals surface area contributed by atoms with Crippen molar-refractivity contribution in [2.45, 2.75) is 31.5 Å². The Hall–Kier alpha value is -0.690. The average Bonchev–Trinajstić information content (AvgIpc) is 2.14. The quantitative estimate of drug-likeness (QED) is 0.525. The van der Waals surface area contributed by atoms with Crippen LogP contribution in [0.15, 0.2) is 0 Å². The molecule has 82 valence electrons. The third-order valence-electron chi connectivity index (χ3n) is 2.40. The number of ether oxygens (including phenoxy) is 2. The van der Waals surface area contributed by atoms with Crippen LogP contribution >= 0.6 is 0 Å². The number of hydrogen-bond donors (Lipinski definition) is 3. The third-order valence-corrected chi connectivity index (χ3v) is 2.40. The van der Waals surface area contributed by atoms with Crippen molar-refractivity contribution in [3.05, 3.63) is 0 Å². The first-order chi connectivity index (χ1) is 6.49. The van der Waals surface area contributed by atoms with E-state index in [0.717, 1.165) is 0 Å². The number of rotatable bonds is 2. The molecule has 14 heavy (non-hydrogen) atoms. The summed E-state index contributed by atoms with van der Waals surface area (Å²) in [5, 5.41) is 27.7. The standard InChI is InChI=1S/C8H14O6/c1-3-4(9)5(10)8(13-2)14-6(3)7(11)12/h3-6,8-10H,1-2H3,(H,11,12)/t3-,4?,5?,6?,8+/m0/s1. The Kier molecular flexibility index (Phi) is 3.43. The number of aliphatic hydroxyl groups excluding tert-OH is 2. The van der Waals surface area contributed by atoms with Gasteiger partial charge < -0.3 is 24.8 Å². The van der Waals surface area contributed by atoms with Crippen LogP contribution in [0, 0.1) is 5.92 Å². The van der Waals surface area contributed by atoms with Crippen LogP contribution in [0.3, 0.4) is 0 Å². The molecule has 1 rings (SSSR count). The molecule has 1 aliphatic heterocycles. The van der Waals surface area contributed by atoms with Crippen molar-refractivity contribution in [1.82, 2.24) is 0 Å². The summed E-state index contributed by atoms with van der Waals surface area (Å²) in [6.07, 6.45) is -4.62. The lowest BCUT2D eigenvalue weighted by molar-refractivity contribution is -0.274. The second-order valence-electron chi connectivity index (χ2n) is 3.34. The number of carboxylic acid groups (broad SMARTS) is 1. The van der Waals surface area contributed by atoms with Gasteiger partial charge in [0.15, 0.2) is 12.4 Å². The maximum absolute atomic E-state index is 10.7. The molecule has 0 aromatic rings. The number of hydrogen-bond acceptors (Lipinski definition) is 5. The normalized spacial score (nSPS) is 43.6. The third kappa shape index (κ3) is 1.88. The Labute approximate surface area is 81.1 Å². The van der Waals surface area contributed by atoms with E-state index in [1.54, 1.807) is 0 Å². The first kappa shape index (κ1) is 11.4. The predicted octanol–water partition coefficient (Wildman–Crippen LogP) is -1.20. The monoisotopic (exact) mass is 206 g/mol. The van der Waals surface area contributed by atoms with Crippen LogP contribution < -0.4 is 0 Å². The largest absolute Gasteiger partial charge is 0.479 e. The second kappa shape index (κ2) is 4.22. The average molecular weight is 206 g/mol. The summed E-state index contributed by atoms with van der Waals surface area (Å²) in [7, 11) is 1.27. The fraction of sp³-hybridized carbons (Fsp3) is 0.875. The Bertz CT molecular complexity index is 216. The number of carboxylic acids is 1. The van der Waals surface area contributed by atoms with Gasteiger partial charge in [-0.25, -0.2) is 4.79 Å². The van der Waals surface area contributed by atoms with E-state index >= 15 is 0 Å². The van der Waals surface area contributed by atoms with E-state index in [0.29, 0.717) is 0 Å². The summed E-state index contributed by atoms with van der Waals surface area (Å²) < 4.78 is 9.67. The molecule has 5 atom stereocenters. The molecule has 1 aliphatic rings. The zero-order valence-electron chi connectivity index (χ0n) is 7.95. The maximum Gasteiger partial charge on any atom is 0.333 e. The first-order valence-corrected chi connectivity index (χ1v) is 4.26. The van der Waals surface area contributed by atoms with E-state index in [1.807, 2.05) is 0 Å². The molecule has 0 radical (unpaired) electrons. The lowest BCUT2D eigenvalue weighted by Gasteiger charge is -2.38. The van der Waals surface area contributed by atoms with Gasteiger partial charge in [-0.15, -0.1) is 0 Å². The molecule has 0 bridgehead atoms. The summed E-state index contributed by atoms with van der Waals surface area (Å²) in [4.78, 5) is 10.7. The highest BCUT2D eigenvalue weighted by Gasteiger charge is 2.45. The molecular weight excluding hydrogens is 192 g/mol. The van der Waals surface area contributed by atoms with Crippen LogP contribution in [0.4, 0.5) is 0 Å². The molecule has 0 saturated carbocycles. The van der Waals surface area contributed by atoms with Gasteiger partial charge in [0.05, 0.1) is 6.10 Å². The van der Waals surface area contributed by atoms with Crippen molar-refractivity contribution in [3.63, 3.8) is 0 Å². The van der Waals surface area contributed by atoms with Crippen molar-refractivity contribution < 1.29 is 29.6 Å². The number of aliphatic carboxylic acids is 1. The minimum Gasteiger partial charge on any atom is -0.479 e. The minimum atomic E-state index is -1.22. The van der Waals surface area contributed by atoms with E-state index in [1.165, 1.54) is 14.0 Å².